The van der Waals surface area contributed by atoms with E-state index in [4.69, 9.17) is 0 Å². The molecule has 1 atom stereocenters. The Labute approximate surface area is 184 Å². The van der Waals surface area contributed by atoms with E-state index in [0.717, 1.165) is 36.4 Å². The summed E-state index contributed by atoms with van der Waals surface area (Å²) >= 11 is 0. The van der Waals surface area contributed by atoms with Crippen LogP contribution in [0, 0.1) is 13.8 Å². The molecule has 0 saturated carbocycles. The highest BCUT2D eigenvalue weighted by Gasteiger charge is 2.52. The summed E-state index contributed by atoms with van der Waals surface area (Å²) in [5, 5.41) is 12.5. The van der Waals surface area contributed by atoms with Crippen LogP contribution in [0.1, 0.15) is 38.9 Å². The monoisotopic (exact) mass is 465 g/mol. The van der Waals surface area contributed by atoms with Crippen LogP contribution < -0.4 is 5.32 Å². The van der Waals surface area contributed by atoms with Crippen LogP contribution in [0.4, 0.5) is 32.0 Å². The fraction of sp³-hybridized carbons (Fsp3) is 0.208. The van der Waals surface area contributed by atoms with Gasteiger partial charge in [-0.15, -0.1) is 0 Å². The number of alkyl halides is 6. The average Bonchev–Trinajstić information content (AvgIpc) is 3.02. The molecular formula is C24H17F6NO2. The molecule has 2 N–H and O–H groups in total. The minimum Gasteiger partial charge on any atom is -0.507 e. The third-order valence-corrected chi connectivity index (χ3v) is 5.92. The van der Waals surface area contributed by atoms with Crippen molar-refractivity contribution in [1.29, 1.82) is 0 Å². The third-order valence-electron chi connectivity index (χ3n) is 5.92. The first kappa shape index (κ1) is 22.7. The summed E-state index contributed by atoms with van der Waals surface area (Å²) in [7, 11) is 0. The van der Waals surface area contributed by atoms with Gasteiger partial charge in [-0.25, -0.2) is 0 Å². The standard InChI is InChI=1S/C24H17F6NO2/c1-12-10-16(11-13(2)20(12)32)22(14-6-8-15(9-7-14)23(25,26)27)17-4-3-5-18(24(28,29)30)19(17)31-21(22)33/h3-11,32H,1-2H3,(H,31,33). The van der Waals surface area contributed by atoms with Crippen LogP contribution >= 0.6 is 0 Å². The van der Waals surface area contributed by atoms with Crippen LogP contribution in [0.5, 0.6) is 5.75 Å². The third kappa shape index (κ3) is 3.42. The van der Waals surface area contributed by atoms with E-state index < -0.39 is 40.5 Å². The summed E-state index contributed by atoms with van der Waals surface area (Å²) in [6.07, 6.45) is -9.40. The number of hydrogen-bond acceptors (Lipinski definition) is 2. The lowest BCUT2D eigenvalue weighted by molar-refractivity contribution is -0.138. The molecule has 9 heteroatoms. The predicted molar refractivity (Wildman–Crippen MR) is 109 cm³/mol. The van der Waals surface area contributed by atoms with Crippen molar-refractivity contribution in [2.24, 2.45) is 0 Å². The molecule has 0 radical (unpaired) electrons. The smallest absolute Gasteiger partial charge is 0.418 e. The maximum absolute atomic E-state index is 13.7. The number of nitrogens with one attached hydrogen (secondary N) is 1. The topological polar surface area (TPSA) is 49.3 Å². The van der Waals surface area contributed by atoms with Crippen molar-refractivity contribution in [3.63, 3.8) is 0 Å². The van der Waals surface area contributed by atoms with E-state index in [1.165, 1.54) is 18.2 Å². The molecule has 33 heavy (non-hydrogen) atoms. The Balaban J connectivity index is 2.09. The molecule has 0 saturated heterocycles. The van der Waals surface area contributed by atoms with E-state index in [9.17, 15) is 36.2 Å². The first-order valence-corrected chi connectivity index (χ1v) is 9.78. The molecular weight excluding hydrogens is 448 g/mol. The highest BCUT2D eigenvalue weighted by Crippen LogP contribution is 2.52. The largest absolute Gasteiger partial charge is 0.507 e. The first-order chi connectivity index (χ1) is 15.3. The summed E-state index contributed by atoms with van der Waals surface area (Å²) in [6, 6.07) is 9.99. The second-order valence-corrected chi connectivity index (χ2v) is 7.96. The highest BCUT2D eigenvalue weighted by atomic mass is 19.4. The number of para-hydroxylation sites is 1. The van der Waals surface area contributed by atoms with Gasteiger partial charge >= 0.3 is 12.4 Å². The van der Waals surface area contributed by atoms with Crippen molar-refractivity contribution < 1.29 is 36.2 Å². The van der Waals surface area contributed by atoms with Gasteiger partial charge in [0.2, 0.25) is 5.91 Å². The molecule has 1 unspecified atom stereocenters. The molecule has 1 amide bonds. The number of fused-ring (bicyclic) bond motifs is 1. The van der Waals surface area contributed by atoms with Gasteiger partial charge in [-0.3, -0.25) is 4.79 Å². The number of rotatable bonds is 2. The van der Waals surface area contributed by atoms with Gasteiger partial charge < -0.3 is 10.4 Å². The minimum absolute atomic E-state index is 0.0356. The van der Waals surface area contributed by atoms with Crippen molar-refractivity contribution in [3.8, 4) is 5.75 Å². The Kier molecular flexibility index (Phi) is 4.99. The van der Waals surface area contributed by atoms with Crippen LogP contribution in [0.3, 0.4) is 0 Å². The Morgan fingerprint density at radius 2 is 1.39 bits per heavy atom. The van der Waals surface area contributed by atoms with E-state index in [2.05, 4.69) is 5.32 Å². The number of halogens is 6. The van der Waals surface area contributed by atoms with E-state index in [1.54, 1.807) is 13.8 Å². The van der Waals surface area contributed by atoms with Gasteiger partial charge in [-0.05, 0) is 54.3 Å². The van der Waals surface area contributed by atoms with E-state index in [0.29, 0.717) is 11.1 Å². The Hall–Kier alpha value is -3.49. The molecule has 0 bridgehead atoms. The van der Waals surface area contributed by atoms with Crippen LogP contribution in [0.15, 0.2) is 54.6 Å². The molecule has 0 aromatic heterocycles. The van der Waals surface area contributed by atoms with Crippen molar-refractivity contribution in [3.05, 3.63) is 93.5 Å². The summed E-state index contributed by atoms with van der Waals surface area (Å²) in [6.45, 7) is 3.12. The van der Waals surface area contributed by atoms with Gasteiger partial charge in [0.1, 0.15) is 11.2 Å². The highest BCUT2D eigenvalue weighted by molar-refractivity contribution is 6.12. The number of aromatic hydroxyl groups is 1. The fourth-order valence-electron chi connectivity index (χ4n) is 4.39. The molecule has 0 fully saturated rings. The molecule has 3 aromatic carbocycles. The number of anilines is 1. The molecule has 1 aliphatic rings. The molecule has 3 nitrogen and oxygen atoms in total. The number of carbonyl (C=O) groups excluding carboxylic acids is 1. The number of carbonyl (C=O) groups is 1. The number of phenolic OH excluding ortho intramolecular Hbond substituents is 1. The number of benzene rings is 3. The predicted octanol–water partition coefficient (Wildman–Crippen LogP) is 6.33. The first-order valence-electron chi connectivity index (χ1n) is 9.78. The van der Waals surface area contributed by atoms with Crippen molar-refractivity contribution in [2.75, 3.05) is 5.32 Å². The quantitative estimate of drug-likeness (QED) is 0.435. The molecule has 3 aromatic rings. The average molecular weight is 465 g/mol. The Morgan fingerprint density at radius 1 is 0.818 bits per heavy atom. The van der Waals surface area contributed by atoms with E-state index in [1.807, 2.05) is 0 Å². The lowest BCUT2D eigenvalue weighted by Crippen LogP contribution is -2.37. The zero-order valence-electron chi connectivity index (χ0n) is 17.3. The van der Waals surface area contributed by atoms with E-state index in [-0.39, 0.29) is 22.4 Å². The van der Waals surface area contributed by atoms with Crippen LogP contribution in [-0.2, 0) is 22.6 Å². The fourth-order valence-corrected chi connectivity index (χ4v) is 4.39. The van der Waals surface area contributed by atoms with Gasteiger partial charge in [0, 0.05) is 5.56 Å². The van der Waals surface area contributed by atoms with Crippen LogP contribution in [-0.4, -0.2) is 11.0 Å². The van der Waals surface area contributed by atoms with Gasteiger partial charge in [0.15, 0.2) is 0 Å². The number of phenols is 1. The van der Waals surface area contributed by atoms with Crippen LogP contribution in [0.2, 0.25) is 0 Å². The zero-order chi connectivity index (χ0) is 24.3. The maximum atomic E-state index is 13.7. The van der Waals surface area contributed by atoms with Gasteiger partial charge in [-0.2, -0.15) is 26.3 Å². The van der Waals surface area contributed by atoms with E-state index >= 15 is 0 Å². The molecule has 4 rings (SSSR count). The minimum atomic E-state index is -4.77. The van der Waals surface area contributed by atoms with Crippen LogP contribution in [0.25, 0.3) is 0 Å². The molecule has 1 aliphatic heterocycles. The van der Waals surface area contributed by atoms with Crippen molar-refractivity contribution >= 4 is 11.6 Å². The number of amides is 1. The zero-order valence-corrected chi connectivity index (χ0v) is 17.3. The van der Waals surface area contributed by atoms with Crippen molar-refractivity contribution in [1.82, 2.24) is 0 Å². The van der Waals surface area contributed by atoms with Crippen molar-refractivity contribution in [2.45, 2.75) is 31.6 Å². The van der Waals surface area contributed by atoms with Gasteiger partial charge in [0.05, 0.1) is 16.8 Å². The summed E-state index contributed by atoms with van der Waals surface area (Å²) in [5.41, 5.74) is -3.33. The summed E-state index contributed by atoms with van der Waals surface area (Å²) in [5.74, 6) is -0.887. The Morgan fingerprint density at radius 3 is 1.91 bits per heavy atom. The lowest BCUT2D eigenvalue weighted by Gasteiger charge is -2.30. The molecule has 172 valence electrons. The molecule has 0 spiro atoms. The normalized spacial score (nSPS) is 18.2. The second-order valence-electron chi connectivity index (χ2n) is 7.96. The maximum Gasteiger partial charge on any atom is 0.418 e. The number of aryl methyl sites for hydroxylation is 2. The summed E-state index contributed by atoms with van der Waals surface area (Å²) in [4.78, 5) is 13.5. The Bertz CT molecular complexity index is 1240. The molecule has 1 heterocycles. The summed E-state index contributed by atoms with van der Waals surface area (Å²) < 4.78 is 80.4. The SMILES string of the molecule is Cc1cc(C2(c3ccc(C(F)(F)F)cc3)C(=O)Nc3c(C(F)(F)F)cccc32)cc(C)c1O. The lowest BCUT2D eigenvalue weighted by atomic mass is 9.69. The second kappa shape index (κ2) is 7.26. The molecule has 0 aliphatic carbocycles. The van der Waals surface area contributed by atoms with Gasteiger partial charge in [0.25, 0.3) is 0 Å². The number of hydrogen-bond donors (Lipinski definition) is 2. The van der Waals surface area contributed by atoms with Gasteiger partial charge in [-0.1, -0.05) is 36.4 Å².